The maximum Gasteiger partial charge on any atom is 0.320 e. The molecule has 126 valence electrons. The lowest BCUT2D eigenvalue weighted by Gasteiger charge is -2.38. The van der Waals surface area contributed by atoms with Crippen LogP contribution in [0.2, 0.25) is 0 Å². The van der Waals surface area contributed by atoms with Crippen molar-refractivity contribution in [2.45, 2.75) is 31.8 Å². The Balaban J connectivity index is 1.50. The van der Waals surface area contributed by atoms with Gasteiger partial charge in [-0.1, -0.05) is 0 Å². The first-order chi connectivity index (χ1) is 11.1. The summed E-state index contributed by atoms with van der Waals surface area (Å²) in [5.74, 6) is -0.0182. The Morgan fingerprint density at radius 2 is 2.09 bits per heavy atom. The lowest BCUT2D eigenvalue weighted by molar-refractivity contribution is -0.121. The molecule has 7 nitrogen and oxygen atoms in total. The zero-order valence-corrected chi connectivity index (χ0v) is 14.4. The molecule has 1 N–H and O–H groups in total. The molecule has 0 radical (unpaired) electrons. The minimum Gasteiger partial charge on any atom is -0.326 e. The van der Waals surface area contributed by atoms with Gasteiger partial charge in [-0.25, -0.2) is 9.78 Å². The number of urea groups is 1. The lowest BCUT2D eigenvalue weighted by Crippen LogP contribution is -2.51. The van der Waals surface area contributed by atoms with Crippen molar-refractivity contribution < 1.29 is 9.59 Å². The van der Waals surface area contributed by atoms with Gasteiger partial charge in [0.1, 0.15) is 0 Å². The Labute approximate surface area is 140 Å². The second-order valence-corrected chi connectivity index (χ2v) is 7.06. The summed E-state index contributed by atoms with van der Waals surface area (Å²) in [6.07, 6.45) is 3.53. The van der Waals surface area contributed by atoms with Crippen LogP contribution >= 0.6 is 11.3 Å². The molecule has 1 atom stereocenters. The van der Waals surface area contributed by atoms with Gasteiger partial charge in [-0.15, -0.1) is 11.3 Å². The molecular formula is C15H23N5O2S. The van der Waals surface area contributed by atoms with Gasteiger partial charge in [-0.3, -0.25) is 9.69 Å². The minimum absolute atomic E-state index is 0.0182. The molecule has 2 saturated heterocycles. The number of piperidine rings is 1. The molecule has 2 fully saturated rings. The number of thiazole rings is 1. The summed E-state index contributed by atoms with van der Waals surface area (Å²) in [7, 11) is 1.85. The molecule has 0 bridgehead atoms. The zero-order valence-electron chi connectivity index (χ0n) is 13.6. The number of likely N-dealkylation sites (N-methyl/N-ethyl adjacent to an activating group) is 1. The van der Waals surface area contributed by atoms with Crippen molar-refractivity contribution in [3.63, 3.8) is 0 Å². The van der Waals surface area contributed by atoms with E-state index >= 15 is 0 Å². The van der Waals surface area contributed by atoms with Crippen molar-refractivity contribution in [2.24, 2.45) is 0 Å². The van der Waals surface area contributed by atoms with Crippen LogP contribution in [0.15, 0.2) is 11.6 Å². The van der Waals surface area contributed by atoms with Crippen molar-refractivity contribution in [2.75, 3.05) is 38.5 Å². The number of nitrogens with zero attached hydrogens (tertiary/aromatic N) is 4. The van der Waals surface area contributed by atoms with E-state index in [-0.39, 0.29) is 18.0 Å². The first kappa shape index (κ1) is 16.2. The van der Waals surface area contributed by atoms with Gasteiger partial charge in [-0.2, -0.15) is 0 Å². The molecule has 1 aromatic rings. The van der Waals surface area contributed by atoms with Crippen molar-refractivity contribution in [3.05, 3.63) is 11.6 Å². The van der Waals surface area contributed by atoms with Crippen LogP contribution in [0.25, 0.3) is 0 Å². The Morgan fingerprint density at radius 3 is 2.65 bits per heavy atom. The fourth-order valence-corrected chi connectivity index (χ4v) is 3.78. The van der Waals surface area contributed by atoms with Crippen LogP contribution in [-0.2, 0) is 4.79 Å². The molecule has 0 aromatic carbocycles. The van der Waals surface area contributed by atoms with E-state index in [0.29, 0.717) is 11.2 Å². The van der Waals surface area contributed by atoms with Gasteiger partial charge in [-0.05, 0) is 19.8 Å². The maximum absolute atomic E-state index is 12.3. The summed E-state index contributed by atoms with van der Waals surface area (Å²) in [5.41, 5.74) is 0. The van der Waals surface area contributed by atoms with Crippen LogP contribution in [-0.4, -0.2) is 76.9 Å². The van der Waals surface area contributed by atoms with Gasteiger partial charge in [0.05, 0.1) is 6.04 Å². The lowest BCUT2D eigenvalue weighted by atomic mass is 10.0. The van der Waals surface area contributed by atoms with Crippen LogP contribution in [0.1, 0.15) is 19.8 Å². The molecular weight excluding hydrogens is 314 g/mol. The Kier molecular flexibility index (Phi) is 4.82. The van der Waals surface area contributed by atoms with Gasteiger partial charge in [0.15, 0.2) is 5.13 Å². The number of amides is 3. The molecule has 0 saturated carbocycles. The van der Waals surface area contributed by atoms with Crippen LogP contribution < -0.4 is 5.32 Å². The van der Waals surface area contributed by atoms with Crippen LogP contribution in [0, 0.1) is 0 Å². The summed E-state index contributed by atoms with van der Waals surface area (Å²) < 4.78 is 0. The van der Waals surface area contributed by atoms with E-state index in [0.717, 1.165) is 39.0 Å². The van der Waals surface area contributed by atoms with Gasteiger partial charge in [0, 0.05) is 50.8 Å². The third-order valence-electron chi connectivity index (χ3n) is 4.78. The largest absolute Gasteiger partial charge is 0.326 e. The molecule has 3 rings (SSSR count). The third kappa shape index (κ3) is 3.48. The number of hydrogen-bond donors (Lipinski definition) is 1. The van der Waals surface area contributed by atoms with Crippen molar-refractivity contribution in [3.8, 4) is 0 Å². The highest BCUT2D eigenvalue weighted by Crippen LogP contribution is 2.22. The topological polar surface area (TPSA) is 68.8 Å². The standard InChI is InChI=1S/C15H23N5O2S/c1-11(13(21)17-14-16-5-10-23-14)19-6-3-12(4-7-19)20-9-8-18(2)15(20)22/h5,10-12H,3-4,6-9H2,1-2H3,(H,16,17,21)/t11-/m0/s1. The van der Waals surface area contributed by atoms with Crippen molar-refractivity contribution in [1.82, 2.24) is 19.7 Å². The van der Waals surface area contributed by atoms with Gasteiger partial charge >= 0.3 is 6.03 Å². The number of anilines is 1. The number of nitrogens with one attached hydrogen (secondary N) is 1. The summed E-state index contributed by atoms with van der Waals surface area (Å²) in [6.45, 7) is 5.24. The van der Waals surface area contributed by atoms with Gasteiger partial charge < -0.3 is 15.1 Å². The second kappa shape index (κ2) is 6.84. The fourth-order valence-electron chi connectivity index (χ4n) is 3.25. The predicted octanol–water partition coefficient (Wildman–Crippen LogP) is 1.30. The number of carbonyl (C=O) groups is 2. The van der Waals surface area contributed by atoms with Crippen molar-refractivity contribution >= 4 is 28.4 Å². The van der Waals surface area contributed by atoms with E-state index in [1.807, 2.05) is 24.3 Å². The minimum atomic E-state index is -0.184. The Bertz CT molecular complexity index is 556. The summed E-state index contributed by atoms with van der Waals surface area (Å²) >= 11 is 1.42. The predicted molar refractivity (Wildman–Crippen MR) is 89.5 cm³/mol. The monoisotopic (exact) mass is 337 g/mol. The molecule has 2 aliphatic heterocycles. The highest BCUT2D eigenvalue weighted by molar-refractivity contribution is 7.13. The molecule has 0 unspecified atom stereocenters. The first-order valence-corrected chi connectivity index (χ1v) is 8.90. The van der Waals surface area contributed by atoms with Gasteiger partial charge in [0.25, 0.3) is 0 Å². The molecule has 2 aliphatic rings. The molecule has 23 heavy (non-hydrogen) atoms. The third-order valence-corrected chi connectivity index (χ3v) is 5.47. The molecule has 3 heterocycles. The Morgan fingerprint density at radius 1 is 1.35 bits per heavy atom. The fraction of sp³-hybridized carbons (Fsp3) is 0.667. The summed E-state index contributed by atoms with van der Waals surface area (Å²) in [6, 6.07) is 0.257. The zero-order chi connectivity index (χ0) is 16.4. The highest BCUT2D eigenvalue weighted by atomic mass is 32.1. The highest BCUT2D eigenvalue weighted by Gasteiger charge is 2.35. The molecule has 3 amide bonds. The average Bonchev–Trinajstić information content (AvgIpc) is 3.18. The molecule has 0 aliphatic carbocycles. The number of carbonyl (C=O) groups excluding carboxylic acids is 2. The summed E-state index contributed by atoms with van der Waals surface area (Å²) in [4.78, 5) is 34.4. The van der Waals surface area contributed by atoms with Crippen molar-refractivity contribution in [1.29, 1.82) is 0 Å². The summed E-state index contributed by atoms with van der Waals surface area (Å²) in [5, 5.41) is 5.34. The first-order valence-electron chi connectivity index (χ1n) is 8.02. The van der Waals surface area contributed by atoms with Crippen LogP contribution in [0.4, 0.5) is 9.93 Å². The number of aromatic nitrogens is 1. The smallest absolute Gasteiger partial charge is 0.320 e. The molecule has 0 spiro atoms. The van der Waals surface area contributed by atoms with Crippen LogP contribution in [0.5, 0.6) is 0 Å². The molecule has 1 aromatic heterocycles. The normalized spacial score (nSPS) is 21.7. The van der Waals surface area contributed by atoms with Crippen LogP contribution in [0.3, 0.4) is 0 Å². The average molecular weight is 337 g/mol. The SMILES string of the molecule is C[C@@H](C(=O)Nc1nccs1)N1CCC(N2CCN(C)C2=O)CC1. The van der Waals surface area contributed by atoms with Gasteiger partial charge in [0.2, 0.25) is 5.91 Å². The van der Waals surface area contributed by atoms with E-state index in [2.05, 4.69) is 15.2 Å². The van der Waals surface area contributed by atoms with E-state index in [4.69, 9.17) is 0 Å². The van der Waals surface area contributed by atoms with E-state index in [1.54, 1.807) is 11.1 Å². The number of likely N-dealkylation sites (tertiary alicyclic amines) is 1. The number of rotatable bonds is 4. The molecule has 8 heteroatoms. The second-order valence-electron chi connectivity index (χ2n) is 6.17. The number of hydrogen-bond acceptors (Lipinski definition) is 5. The van der Waals surface area contributed by atoms with E-state index < -0.39 is 0 Å². The van der Waals surface area contributed by atoms with E-state index in [1.165, 1.54) is 11.3 Å². The van der Waals surface area contributed by atoms with E-state index in [9.17, 15) is 9.59 Å². The Hall–Kier alpha value is -1.67. The maximum atomic E-state index is 12.3. The quantitative estimate of drug-likeness (QED) is 0.899.